The zero-order chi connectivity index (χ0) is 19.8. The number of thioether (sulfide) groups is 1. The minimum Gasteiger partial charge on any atom is -0.495 e. The number of carbonyl (C=O) groups is 2. The van der Waals surface area contributed by atoms with E-state index in [1.165, 1.54) is 31.9 Å². The lowest BCUT2D eigenvalue weighted by molar-refractivity contribution is -0.152. The summed E-state index contributed by atoms with van der Waals surface area (Å²) in [7, 11) is 1.49. The number of hydrogen-bond acceptors (Lipinski definition) is 5. The van der Waals surface area contributed by atoms with E-state index in [1.807, 2.05) is 0 Å². The first kappa shape index (κ1) is 20.7. The van der Waals surface area contributed by atoms with Crippen molar-refractivity contribution in [3.05, 3.63) is 54.1 Å². The van der Waals surface area contributed by atoms with Gasteiger partial charge < -0.3 is 14.8 Å². The first-order valence-corrected chi connectivity index (χ1v) is 9.10. The quantitative estimate of drug-likeness (QED) is 0.540. The van der Waals surface area contributed by atoms with Gasteiger partial charge in [-0.15, -0.1) is 11.8 Å². The number of ether oxygens (including phenoxy) is 2. The maximum Gasteiger partial charge on any atom is 0.307 e. The van der Waals surface area contributed by atoms with Crippen molar-refractivity contribution in [2.24, 2.45) is 0 Å². The summed E-state index contributed by atoms with van der Waals surface area (Å²) in [5.41, 5.74) is 0.474. The molecule has 5 nitrogen and oxygen atoms in total. The number of amides is 1. The zero-order valence-electron chi connectivity index (χ0n) is 14.8. The Balaban J connectivity index is 1.78. The Morgan fingerprint density at radius 3 is 2.59 bits per heavy atom. The van der Waals surface area contributed by atoms with Crippen LogP contribution in [0.5, 0.6) is 5.75 Å². The molecule has 1 N–H and O–H groups in total. The van der Waals surface area contributed by atoms with E-state index in [9.17, 15) is 18.4 Å². The van der Waals surface area contributed by atoms with Crippen LogP contribution in [0.3, 0.4) is 0 Å². The molecule has 0 bridgehead atoms. The van der Waals surface area contributed by atoms with Gasteiger partial charge >= 0.3 is 5.97 Å². The van der Waals surface area contributed by atoms with Crippen molar-refractivity contribution >= 4 is 29.3 Å². The number of halogens is 2. The number of rotatable bonds is 8. The Labute approximate surface area is 160 Å². The minimum absolute atomic E-state index is 0.0238. The third-order valence-corrected chi connectivity index (χ3v) is 4.50. The van der Waals surface area contributed by atoms with E-state index in [0.29, 0.717) is 22.1 Å². The number of nitrogens with one attached hydrogen (secondary N) is 1. The second-order valence-corrected chi connectivity index (χ2v) is 6.66. The Bertz CT molecular complexity index is 816. The summed E-state index contributed by atoms with van der Waals surface area (Å²) in [5.74, 6) is -2.11. The molecule has 0 aliphatic rings. The fourth-order valence-electron chi connectivity index (χ4n) is 2.11. The summed E-state index contributed by atoms with van der Waals surface area (Å²) in [6, 6.07) is 10.4. The lowest BCUT2D eigenvalue weighted by Gasteiger charge is -2.15. The third-order valence-electron chi connectivity index (χ3n) is 3.51. The molecule has 0 saturated heterocycles. The average molecular weight is 395 g/mol. The molecule has 0 saturated carbocycles. The molecule has 0 radical (unpaired) electrons. The summed E-state index contributed by atoms with van der Waals surface area (Å²) in [4.78, 5) is 24.5. The fraction of sp³-hybridized carbons (Fsp3) is 0.263. The van der Waals surface area contributed by atoms with Crippen molar-refractivity contribution in [2.75, 3.05) is 18.2 Å². The fourth-order valence-corrected chi connectivity index (χ4v) is 2.97. The minimum atomic E-state index is -0.990. The molecule has 0 aliphatic carbocycles. The van der Waals surface area contributed by atoms with E-state index in [4.69, 9.17) is 9.47 Å². The molecule has 0 unspecified atom stereocenters. The van der Waals surface area contributed by atoms with Crippen LogP contribution in [0, 0.1) is 11.6 Å². The average Bonchev–Trinajstić information content (AvgIpc) is 2.65. The lowest BCUT2D eigenvalue weighted by Crippen LogP contribution is -2.30. The van der Waals surface area contributed by atoms with Gasteiger partial charge in [0, 0.05) is 10.6 Å². The molecule has 2 rings (SSSR count). The number of carbonyl (C=O) groups excluding carboxylic acids is 2. The van der Waals surface area contributed by atoms with Gasteiger partial charge in [0.15, 0.2) is 17.7 Å². The summed E-state index contributed by atoms with van der Waals surface area (Å²) < 4.78 is 36.2. The molecule has 0 aliphatic heterocycles. The highest BCUT2D eigenvalue weighted by Gasteiger charge is 2.19. The summed E-state index contributed by atoms with van der Waals surface area (Å²) in [6.45, 7) is 1.46. The molecular weight excluding hydrogens is 376 g/mol. The maximum absolute atomic E-state index is 13.1. The smallest absolute Gasteiger partial charge is 0.307 e. The molecule has 0 aromatic heterocycles. The molecule has 8 heteroatoms. The summed E-state index contributed by atoms with van der Waals surface area (Å²) >= 11 is 1.19. The van der Waals surface area contributed by atoms with Gasteiger partial charge in [0.1, 0.15) is 5.75 Å². The van der Waals surface area contributed by atoms with Gasteiger partial charge in [0.25, 0.3) is 5.91 Å². The van der Waals surface area contributed by atoms with Crippen molar-refractivity contribution in [3.63, 3.8) is 0 Å². The lowest BCUT2D eigenvalue weighted by atomic mass is 10.2. The normalized spacial score (nSPS) is 11.6. The second kappa shape index (κ2) is 9.91. The highest BCUT2D eigenvalue weighted by Crippen LogP contribution is 2.24. The first-order chi connectivity index (χ1) is 12.9. The largest absolute Gasteiger partial charge is 0.495 e. The van der Waals surface area contributed by atoms with Crippen molar-refractivity contribution in [3.8, 4) is 5.75 Å². The van der Waals surface area contributed by atoms with Crippen LogP contribution in [0.15, 0.2) is 47.4 Å². The van der Waals surface area contributed by atoms with Gasteiger partial charge in [0.2, 0.25) is 0 Å². The predicted octanol–water partition coefficient (Wildman–Crippen LogP) is 4.03. The Morgan fingerprint density at radius 1 is 1.15 bits per heavy atom. The van der Waals surface area contributed by atoms with Gasteiger partial charge in [0.05, 0.1) is 19.2 Å². The standard InChI is InChI=1S/C19H19F2NO4S/c1-12(19(24)22-16-5-3-4-6-17(16)25-2)26-18(23)9-10-27-13-7-8-14(20)15(21)11-13/h3-8,11-12H,9-10H2,1-2H3,(H,22,24)/t12-/m1/s1. The van der Waals surface area contributed by atoms with Gasteiger partial charge in [-0.3, -0.25) is 9.59 Å². The highest BCUT2D eigenvalue weighted by molar-refractivity contribution is 7.99. The molecule has 0 fully saturated rings. The summed E-state index contributed by atoms with van der Waals surface area (Å²) in [5, 5.41) is 2.64. The van der Waals surface area contributed by atoms with E-state index in [2.05, 4.69) is 5.32 Å². The van der Waals surface area contributed by atoms with Gasteiger partial charge in [-0.25, -0.2) is 8.78 Å². The molecule has 27 heavy (non-hydrogen) atoms. The number of anilines is 1. The van der Waals surface area contributed by atoms with Crippen LogP contribution < -0.4 is 10.1 Å². The maximum atomic E-state index is 13.1. The van der Waals surface area contributed by atoms with E-state index in [1.54, 1.807) is 24.3 Å². The molecule has 0 spiro atoms. The molecule has 2 aromatic carbocycles. The highest BCUT2D eigenvalue weighted by atomic mass is 32.2. The number of esters is 1. The van der Waals surface area contributed by atoms with Crippen LogP contribution in [0.4, 0.5) is 14.5 Å². The van der Waals surface area contributed by atoms with Crippen LogP contribution in [0.25, 0.3) is 0 Å². The Morgan fingerprint density at radius 2 is 1.89 bits per heavy atom. The monoisotopic (exact) mass is 395 g/mol. The van der Waals surface area contributed by atoms with Crippen LogP contribution >= 0.6 is 11.8 Å². The van der Waals surface area contributed by atoms with E-state index in [-0.39, 0.29) is 6.42 Å². The van der Waals surface area contributed by atoms with E-state index >= 15 is 0 Å². The van der Waals surface area contributed by atoms with E-state index in [0.717, 1.165) is 12.1 Å². The van der Waals surface area contributed by atoms with Crippen molar-refractivity contribution in [1.82, 2.24) is 0 Å². The van der Waals surface area contributed by atoms with Crippen molar-refractivity contribution < 1.29 is 27.8 Å². The molecule has 2 aromatic rings. The van der Waals surface area contributed by atoms with Crippen LogP contribution in [0.2, 0.25) is 0 Å². The number of para-hydroxylation sites is 2. The van der Waals surface area contributed by atoms with Gasteiger partial charge in [-0.2, -0.15) is 0 Å². The topological polar surface area (TPSA) is 64.6 Å². The third kappa shape index (κ3) is 6.25. The van der Waals surface area contributed by atoms with Crippen LogP contribution in [0.1, 0.15) is 13.3 Å². The Hall–Kier alpha value is -2.61. The summed E-state index contributed by atoms with van der Waals surface area (Å²) in [6.07, 6.45) is -0.966. The number of benzene rings is 2. The van der Waals surface area contributed by atoms with Crippen LogP contribution in [-0.2, 0) is 14.3 Å². The number of hydrogen-bond donors (Lipinski definition) is 1. The van der Waals surface area contributed by atoms with Crippen molar-refractivity contribution in [1.29, 1.82) is 0 Å². The molecule has 144 valence electrons. The first-order valence-electron chi connectivity index (χ1n) is 8.12. The van der Waals surface area contributed by atoms with Crippen LogP contribution in [-0.4, -0.2) is 30.8 Å². The molecular formula is C19H19F2NO4S. The van der Waals surface area contributed by atoms with Crippen molar-refractivity contribution in [2.45, 2.75) is 24.3 Å². The molecule has 1 amide bonds. The SMILES string of the molecule is COc1ccccc1NC(=O)[C@@H](C)OC(=O)CCSc1ccc(F)c(F)c1. The van der Waals surface area contributed by atoms with Gasteiger partial charge in [-0.05, 0) is 37.3 Å². The zero-order valence-corrected chi connectivity index (χ0v) is 15.6. The van der Waals surface area contributed by atoms with E-state index < -0.39 is 29.6 Å². The second-order valence-electron chi connectivity index (χ2n) is 5.50. The Kier molecular flexibility index (Phi) is 7.60. The predicted molar refractivity (Wildman–Crippen MR) is 98.9 cm³/mol. The molecule has 1 atom stereocenters. The number of methoxy groups -OCH3 is 1. The molecule has 0 heterocycles. The van der Waals surface area contributed by atoms with Gasteiger partial charge in [-0.1, -0.05) is 12.1 Å².